The molecule has 20 heavy (non-hydrogen) atoms. The zero-order valence-electron chi connectivity index (χ0n) is 11.5. The molecule has 0 aliphatic heterocycles. The number of anilines is 2. The van der Waals surface area contributed by atoms with Crippen molar-refractivity contribution in [2.45, 2.75) is 6.92 Å². The van der Waals surface area contributed by atoms with E-state index >= 15 is 0 Å². The molecule has 5 heteroatoms. The molecule has 2 N–H and O–H groups in total. The van der Waals surface area contributed by atoms with Crippen LogP contribution in [0.15, 0.2) is 42.7 Å². The molecule has 0 spiro atoms. The summed E-state index contributed by atoms with van der Waals surface area (Å²) >= 11 is 0. The van der Waals surface area contributed by atoms with E-state index in [0.717, 1.165) is 0 Å². The normalized spacial score (nSPS) is 10.1. The minimum absolute atomic E-state index is 0.162. The van der Waals surface area contributed by atoms with E-state index in [4.69, 9.17) is 10.5 Å². The Hall–Kier alpha value is -2.56. The molecule has 1 amide bonds. The van der Waals surface area contributed by atoms with Crippen molar-refractivity contribution < 1.29 is 9.53 Å². The van der Waals surface area contributed by atoms with Crippen LogP contribution in [0, 0.1) is 0 Å². The van der Waals surface area contributed by atoms with Gasteiger partial charge in [-0.1, -0.05) is 12.1 Å². The third kappa shape index (κ3) is 2.56. The van der Waals surface area contributed by atoms with E-state index in [1.807, 2.05) is 25.1 Å². The zero-order valence-corrected chi connectivity index (χ0v) is 11.5. The van der Waals surface area contributed by atoms with E-state index < -0.39 is 0 Å². The van der Waals surface area contributed by atoms with Crippen LogP contribution in [0.2, 0.25) is 0 Å². The number of methoxy groups -OCH3 is 1. The molecule has 104 valence electrons. The molecule has 0 fully saturated rings. The Morgan fingerprint density at radius 1 is 1.35 bits per heavy atom. The lowest BCUT2D eigenvalue weighted by atomic mass is 10.2. The molecule has 0 saturated heterocycles. The lowest BCUT2D eigenvalue weighted by Gasteiger charge is -2.23. The van der Waals surface area contributed by atoms with Crippen molar-refractivity contribution in [1.29, 1.82) is 0 Å². The van der Waals surface area contributed by atoms with Gasteiger partial charge in [-0.2, -0.15) is 0 Å². The average molecular weight is 271 g/mol. The van der Waals surface area contributed by atoms with E-state index in [9.17, 15) is 4.79 Å². The van der Waals surface area contributed by atoms with Crippen LogP contribution in [0.1, 0.15) is 17.3 Å². The van der Waals surface area contributed by atoms with Gasteiger partial charge in [-0.15, -0.1) is 0 Å². The van der Waals surface area contributed by atoms with Crippen LogP contribution in [0.3, 0.4) is 0 Å². The van der Waals surface area contributed by atoms with Gasteiger partial charge in [0.2, 0.25) is 0 Å². The molecule has 1 aromatic carbocycles. The van der Waals surface area contributed by atoms with Gasteiger partial charge in [0.1, 0.15) is 5.75 Å². The van der Waals surface area contributed by atoms with Gasteiger partial charge in [0.05, 0.1) is 30.2 Å². The molecule has 0 radical (unpaired) electrons. The minimum Gasteiger partial charge on any atom is -0.494 e. The van der Waals surface area contributed by atoms with Crippen molar-refractivity contribution in [2.24, 2.45) is 0 Å². The predicted molar refractivity (Wildman–Crippen MR) is 79.0 cm³/mol. The van der Waals surface area contributed by atoms with Crippen molar-refractivity contribution in [3.63, 3.8) is 0 Å². The van der Waals surface area contributed by atoms with Crippen LogP contribution in [0.4, 0.5) is 11.4 Å². The first-order chi connectivity index (χ1) is 9.69. The van der Waals surface area contributed by atoms with Crippen LogP contribution >= 0.6 is 0 Å². The summed E-state index contributed by atoms with van der Waals surface area (Å²) in [7, 11) is 1.51. The molecule has 0 saturated carbocycles. The fourth-order valence-corrected chi connectivity index (χ4v) is 2.02. The first kappa shape index (κ1) is 13.9. The predicted octanol–water partition coefficient (Wildman–Crippen LogP) is 2.34. The largest absolute Gasteiger partial charge is 0.494 e. The van der Waals surface area contributed by atoms with Crippen molar-refractivity contribution in [3.8, 4) is 5.75 Å². The van der Waals surface area contributed by atoms with E-state index in [1.54, 1.807) is 23.2 Å². The highest BCUT2D eigenvalue weighted by molar-refractivity contribution is 6.09. The Bertz CT molecular complexity index is 614. The maximum Gasteiger partial charge on any atom is 0.262 e. The zero-order chi connectivity index (χ0) is 14.5. The molecule has 0 bridgehead atoms. The highest BCUT2D eigenvalue weighted by Crippen LogP contribution is 2.26. The van der Waals surface area contributed by atoms with Gasteiger partial charge in [0.25, 0.3) is 5.91 Å². The molecule has 1 heterocycles. The Labute approximate surface area is 118 Å². The maximum atomic E-state index is 12.7. The van der Waals surface area contributed by atoms with Crippen molar-refractivity contribution in [1.82, 2.24) is 4.98 Å². The first-order valence-corrected chi connectivity index (χ1v) is 6.33. The number of aromatic nitrogens is 1. The van der Waals surface area contributed by atoms with Crippen molar-refractivity contribution in [3.05, 3.63) is 48.3 Å². The second-order valence-electron chi connectivity index (χ2n) is 4.18. The van der Waals surface area contributed by atoms with Gasteiger partial charge in [-0.25, -0.2) is 0 Å². The summed E-state index contributed by atoms with van der Waals surface area (Å²) < 4.78 is 5.19. The number of hydrogen-bond acceptors (Lipinski definition) is 4. The number of amides is 1. The van der Waals surface area contributed by atoms with Crippen LogP contribution in [-0.4, -0.2) is 24.5 Å². The van der Waals surface area contributed by atoms with Crippen LogP contribution < -0.4 is 15.4 Å². The minimum atomic E-state index is -0.162. The summed E-state index contributed by atoms with van der Waals surface area (Å²) in [6.45, 7) is 2.41. The molecule has 5 nitrogen and oxygen atoms in total. The quantitative estimate of drug-likeness (QED) is 0.867. The number of rotatable bonds is 4. The Kier molecular flexibility index (Phi) is 4.20. The summed E-state index contributed by atoms with van der Waals surface area (Å²) in [5, 5.41) is 0. The van der Waals surface area contributed by atoms with Gasteiger partial charge >= 0.3 is 0 Å². The van der Waals surface area contributed by atoms with Crippen molar-refractivity contribution >= 4 is 17.3 Å². The summed E-state index contributed by atoms with van der Waals surface area (Å²) in [4.78, 5) is 18.2. The number of pyridine rings is 1. The smallest absolute Gasteiger partial charge is 0.262 e. The fraction of sp³-hybridized carbons (Fsp3) is 0.200. The van der Waals surface area contributed by atoms with Gasteiger partial charge in [0.15, 0.2) is 0 Å². The number of ether oxygens (including phenoxy) is 1. The highest BCUT2D eigenvalue weighted by Gasteiger charge is 2.21. The van der Waals surface area contributed by atoms with Crippen LogP contribution in [-0.2, 0) is 0 Å². The second kappa shape index (κ2) is 6.06. The number of nitrogens with two attached hydrogens (primary N) is 1. The highest BCUT2D eigenvalue weighted by atomic mass is 16.5. The van der Waals surface area contributed by atoms with Gasteiger partial charge in [-0.3, -0.25) is 9.78 Å². The first-order valence-electron chi connectivity index (χ1n) is 6.33. The Morgan fingerprint density at radius 3 is 2.75 bits per heavy atom. The SMILES string of the molecule is CCN(C(=O)c1ccncc1OC)c1ccccc1N. The number of nitrogen functional groups attached to an aromatic ring is 1. The van der Waals surface area contributed by atoms with Crippen molar-refractivity contribution in [2.75, 3.05) is 24.3 Å². The lowest BCUT2D eigenvalue weighted by Crippen LogP contribution is -2.31. The number of nitrogens with zero attached hydrogens (tertiary/aromatic N) is 2. The molecule has 0 aliphatic carbocycles. The monoisotopic (exact) mass is 271 g/mol. The number of carbonyl (C=O) groups is 1. The number of benzene rings is 1. The average Bonchev–Trinajstić information content (AvgIpc) is 2.49. The lowest BCUT2D eigenvalue weighted by molar-refractivity contribution is 0.0985. The molecule has 2 rings (SSSR count). The number of hydrogen-bond donors (Lipinski definition) is 1. The van der Waals surface area contributed by atoms with E-state index in [2.05, 4.69) is 4.98 Å². The van der Waals surface area contributed by atoms with Gasteiger partial charge in [0, 0.05) is 12.7 Å². The summed E-state index contributed by atoms with van der Waals surface area (Å²) in [5.41, 5.74) is 7.67. The third-order valence-electron chi connectivity index (χ3n) is 3.02. The molecular formula is C15H17N3O2. The number of carbonyl (C=O) groups excluding carboxylic acids is 1. The third-order valence-corrected chi connectivity index (χ3v) is 3.02. The molecule has 1 aromatic heterocycles. The second-order valence-corrected chi connectivity index (χ2v) is 4.18. The van der Waals surface area contributed by atoms with E-state index in [-0.39, 0.29) is 5.91 Å². The molecule has 2 aromatic rings. The topological polar surface area (TPSA) is 68.5 Å². The van der Waals surface area contributed by atoms with Crippen LogP contribution in [0.25, 0.3) is 0 Å². The summed E-state index contributed by atoms with van der Waals surface area (Å²) in [6.07, 6.45) is 3.09. The molecule has 0 atom stereocenters. The molecular weight excluding hydrogens is 254 g/mol. The fourth-order valence-electron chi connectivity index (χ4n) is 2.02. The standard InChI is InChI=1S/C15H17N3O2/c1-3-18(13-7-5-4-6-12(13)16)15(19)11-8-9-17-10-14(11)20-2/h4-10H,3,16H2,1-2H3. The van der Waals surface area contributed by atoms with E-state index in [1.165, 1.54) is 13.3 Å². The summed E-state index contributed by atoms with van der Waals surface area (Å²) in [5.74, 6) is 0.287. The molecule has 0 aliphatic rings. The van der Waals surface area contributed by atoms with Gasteiger partial charge in [-0.05, 0) is 25.1 Å². The summed E-state index contributed by atoms with van der Waals surface area (Å²) in [6, 6.07) is 8.93. The molecule has 0 unspecified atom stereocenters. The number of para-hydroxylation sites is 2. The maximum absolute atomic E-state index is 12.7. The Morgan fingerprint density at radius 2 is 2.10 bits per heavy atom. The van der Waals surface area contributed by atoms with E-state index in [0.29, 0.717) is 29.2 Å². The van der Waals surface area contributed by atoms with Gasteiger partial charge < -0.3 is 15.4 Å². The van der Waals surface area contributed by atoms with Crippen LogP contribution in [0.5, 0.6) is 5.75 Å². The Balaban J connectivity index is 2.42.